The third-order valence-electron chi connectivity index (χ3n) is 6.29. The van der Waals surface area contributed by atoms with E-state index in [-0.39, 0.29) is 5.60 Å². The predicted molar refractivity (Wildman–Crippen MR) is 115 cm³/mol. The molecule has 1 saturated heterocycles. The van der Waals surface area contributed by atoms with Crippen molar-refractivity contribution in [3.05, 3.63) is 0 Å². The fourth-order valence-electron chi connectivity index (χ4n) is 4.89. The summed E-state index contributed by atoms with van der Waals surface area (Å²) in [6, 6.07) is 0. The minimum atomic E-state index is -0.0161. The van der Waals surface area contributed by atoms with Crippen molar-refractivity contribution in [1.29, 1.82) is 0 Å². The predicted octanol–water partition coefficient (Wildman–Crippen LogP) is 6.64. The lowest BCUT2D eigenvalue weighted by Gasteiger charge is -2.47. The number of hydrogen-bond acceptors (Lipinski definition) is 3. The molecule has 0 bridgehead atoms. The highest BCUT2D eigenvalue weighted by Crippen LogP contribution is 2.42. The molecule has 0 aromatic carbocycles. The second kappa shape index (κ2) is 14.0. The average molecular weight is 385 g/mol. The molecular formula is C24H48O3. The van der Waals surface area contributed by atoms with Gasteiger partial charge >= 0.3 is 0 Å². The fraction of sp³-hybridized carbons (Fsp3) is 1.00. The first kappa shape index (κ1) is 24.9. The van der Waals surface area contributed by atoms with E-state index >= 15 is 0 Å². The number of ether oxygens (including phenoxy) is 3. The highest BCUT2D eigenvalue weighted by molar-refractivity contribution is 4.94. The standard InChI is InChI=1S/C24H48O3/c1-7-9-10-11-12-13-15-22(16-14-17-25-18-23-19-26-23)24(20(3)4,21(5)6)27-8-2/h20-23H,7-19H2,1-6H3. The van der Waals surface area contributed by atoms with Gasteiger partial charge in [0.05, 0.1) is 18.8 Å². The third kappa shape index (κ3) is 8.83. The summed E-state index contributed by atoms with van der Waals surface area (Å²) >= 11 is 0. The van der Waals surface area contributed by atoms with E-state index in [2.05, 4.69) is 41.5 Å². The molecule has 0 aromatic heterocycles. The maximum absolute atomic E-state index is 6.55. The second-order valence-electron chi connectivity index (χ2n) is 9.02. The summed E-state index contributed by atoms with van der Waals surface area (Å²) in [4.78, 5) is 0. The van der Waals surface area contributed by atoms with Crippen LogP contribution in [0.15, 0.2) is 0 Å². The van der Waals surface area contributed by atoms with Crippen LogP contribution in [0.3, 0.4) is 0 Å². The molecule has 0 aliphatic carbocycles. The average Bonchev–Trinajstić information content (AvgIpc) is 3.44. The van der Waals surface area contributed by atoms with E-state index in [1.807, 2.05) is 0 Å². The molecule has 0 aromatic rings. The number of rotatable bonds is 18. The Balaban J connectivity index is 2.60. The van der Waals surface area contributed by atoms with Crippen LogP contribution < -0.4 is 0 Å². The van der Waals surface area contributed by atoms with Gasteiger partial charge in [0.1, 0.15) is 6.10 Å². The molecule has 0 radical (unpaired) electrons. The van der Waals surface area contributed by atoms with E-state index in [1.165, 1.54) is 51.4 Å². The lowest BCUT2D eigenvalue weighted by Crippen LogP contribution is -2.50. The van der Waals surface area contributed by atoms with Crippen LogP contribution in [0.1, 0.15) is 99.3 Å². The Morgan fingerprint density at radius 2 is 1.48 bits per heavy atom. The molecule has 1 aliphatic rings. The molecule has 2 atom stereocenters. The summed E-state index contributed by atoms with van der Waals surface area (Å²) in [6.07, 6.45) is 12.2. The van der Waals surface area contributed by atoms with Crippen molar-refractivity contribution in [3.63, 3.8) is 0 Å². The Kier molecular flexibility index (Phi) is 12.9. The van der Waals surface area contributed by atoms with E-state index in [0.29, 0.717) is 23.9 Å². The second-order valence-corrected chi connectivity index (χ2v) is 9.02. The maximum Gasteiger partial charge on any atom is 0.104 e. The van der Waals surface area contributed by atoms with Gasteiger partial charge in [0.15, 0.2) is 0 Å². The lowest BCUT2D eigenvalue weighted by molar-refractivity contribution is -0.150. The van der Waals surface area contributed by atoms with Gasteiger partial charge < -0.3 is 14.2 Å². The SMILES string of the molecule is CCCCCCCCC(CCCOCC1CO1)C(OCC)(C(C)C)C(C)C. The first-order valence-electron chi connectivity index (χ1n) is 11.8. The van der Waals surface area contributed by atoms with Gasteiger partial charge in [-0.05, 0) is 43.9 Å². The minimum absolute atomic E-state index is 0.0161. The smallest absolute Gasteiger partial charge is 0.104 e. The molecule has 2 unspecified atom stereocenters. The molecule has 0 amide bonds. The lowest BCUT2D eigenvalue weighted by atomic mass is 9.67. The van der Waals surface area contributed by atoms with Gasteiger partial charge in [-0.1, -0.05) is 73.1 Å². The molecule has 0 saturated carbocycles. The van der Waals surface area contributed by atoms with Gasteiger partial charge in [-0.15, -0.1) is 0 Å². The van der Waals surface area contributed by atoms with Gasteiger partial charge in [-0.3, -0.25) is 0 Å². The van der Waals surface area contributed by atoms with Crippen molar-refractivity contribution in [2.45, 2.75) is 111 Å². The van der Waals surface area contributed by atoms with Crippen LogP contribution in [0, 0.1) is 17.8 Å². The summed E-state index contributed by atoms with van der Waals surface area (Å²) < 4.78 is 17.6. The Hall–Kier alpha value is -0.120. The van der Waals surface area contributed by atoms with Crippen LogP contribution in [-0.2, 0) is 14.2 Å². The highest BCUT2D eigenvalue weighted by atomic mass is 16.6. The van der Waals surface area contributed by atoms with Crippen molar-refractivity contribution in [1.82, 2.24) is 0 Å². The fourth-order valence-corrected chi connectivity index (χ4v) is 4.89. The zero-order chi connectivity index (χ0) is 20.1. The van der Waals surface area contributed by atoms with Gasteiger partial charge in [-0.2, -0.15) is 0 Å². The number of epoxide rings is 1. The summed E-state index contributed by atoms with van der Waals surface area (Å²) in [6.45, 7) is 17.2. The summed E-state index contributed by atoms with van der Waals surface area (Å²) in [7, 11) is 0. The molecule has 0 spiro atoms. The first-order chi connectivity index (χ1) is 13.0. The van der Waals surface area contributed by atoms with Gasteiger partial charge in [0.25, 0.3) is 0 Å². The van der Waals surface area contributed by atoms with Gasteiger partial charge in [0.2, 0.25) is 0 Å². The van der Waals surface area contributed by atoms with Crippen molar-refractivity contribution in [3.8, 4) is 0 Å². The third-order valence-corrected chi connectivity index (χ3v) is 6.29. The van der Waals surface area contributed by atoms with E-state index in [9.17, 15) is 0 Å². The maximum atomic E-state index is 6.55. The monoisotopic (exact) mass is 384 g/mol. The Bertz CT molecular complexity index is 342. The van der Waals surface area contributed by atoms with E-state index in [4.69, 9.17) is 14.2 Å². The van der Waals surface area contributed by atoms with Crippen LogP contribution in [0.4, 0.5) is 0 Å². The van der Waals surface area contributed by atoms with Crippen molar-refractivity contribution < 1.29 is 14.2 Å². The molecule has 3 heteroatoms. The van der Waals surface area contributed by atoms with Crippen molar-refractivity contribution in [2.24, 2.45) is 17.8 Å². The molecule has 0 N–H and O–H groups in total. The summed E-state index contributed by atoms with van der Waals surface area (Å²) in [5.74, 6) is 1.68. The zero-order valence-corrected chi connectivity index (χ0v) is 19.2. The van der Waals surface area contributed by atoms with Crippen LogP contribution in [-0.4, -0.2) is 38.1 Å². The normalized spacial score (nSPS) is 18.4. The Morgan fingerprint density at radius 3 is 2.04 bits per heavy atom. The summed E-state index contributed by atoms with van der Waals surface area (Å²) in [5.41, 5.74) is -0.0161. The van der Waals surface area contributed by atoms with E-state index in [0.717, 1.165) is 32.8 Å². The van der Waals surface area contributed by atoms with Crippen molar-refractivity contribution in [2.75, 3.05) is 26.4 Å². The Labute approximate surface area is 169 Å². The van der Waals surface area contributed by atoms with Crippen LogP contribution in [0.25, 0.3) is 0 Å². The molecule has 1 aliphatic heterocycles. The molecule has 27 heavy (non-hydrogen) atoms. The number of hydrogen-bond donors (Lipinski definition) is 0. The van der Waals surface area contributed by atoms with Crippen molar-refractivity contribution >= 4 is 0 Å². The first-order valence-corrected chi connectivity index (χ1v) is 11.8. The highest BCUT2D eigenvalue weighted by Gasteiger charge is 2.44. The van der Waals surface area contributed by atoms with E-state index in [1.54, 1.807) is 0 Å². The van der Waals surface area contributed by atoms with E-state index < -0.39 is 0 Å². The van der Waals surface area contributed by atoms with Crippen LogP contribution in [0.5, 0.6) is 0 Å². The van der Waals surface area contributed by atoms with Crippen LogP contribution >= 0.6 is 0 Å². The molecule has 162 valence electrons. The molecule has 3 nitrogen and oxygen atoms in total. The van der Waals surface area contributed by atoms with Gasteiger partial charge in [-0.25, -0.2) is 0 Å². The molecule has 1 heterocycles. The van der Waals surface area contributed by atoms with Gasteiger partial charge in [0, 0.05) is 13.2 Å². The molecule has 1 fully saturated rings. The Morgan fingerprint density at radius 1 is 0.889 bits per heavy atom. The molecular weight excluding hydrogens is 336 g/mol. The zero-order valence-electron chi connectivity index (χ0n) is 19.2. The minimum Gasteiger partial charge on any atom is -0.379 e. The topological polar surface area (TPSA) is 31.0 Å². The summed E-state index contributed by atoms with van der Waals surface area (Å²) in [5, 5.41) is 0. The van der Waals surface area contributed by atoms with Crippen LogP contribution in [0.2, 0.25) is 0 Å². The number of unbranched alkanes of at least 4 members (excludes halogenated alkanes) is 5. The largest absolute Gasteiger partial charge is 0.379 e. The molecule has 1 rings (SSSR count). The quantitative estimate of drug-likeness (QED) is 0.196.